The standard InChI is InChI=1S/C33H23N3OS/c1-21-17-18-34-30(19-21)36-28-10-6-5-9-26(28)27-15-13-24(20-29(27)36)38-31-16-12-23-11-14-25(33(37)32(23)35-31)22-7-3-2-4-8-22/h2-20,37H,1H3. The zero-order chi connectivity index (χ0) is 25.6. The summed E-state index contributed by atoms with van der Waals surface area (Å²) in [6, 6.07) is 37.0. The van der Waals surface area contributed by atoms with E-state index in [1.807, 2.05) is 66.9 Å². The minimum Gasteiger partial charge on any atom is -0.505 e. The molecule has 0 saturated carbocycles. The molecule has 7 aromatic rings. The van der Waals surface area contributed by atoms with Gasteiger partial charge >= 0.3 is 0 Å². The average Bonchev–Trinajstić information content (AvgIpc) is 3.28. The van der Waals surface area contributed by atoms with E-state index in [4.69, 9.17) is 4.98 Å². The summed E-state index contributed by atoms with van der Waals surface area (Å²) < 4.78 is 2.23. The Bertz CT molecular complexity index is 1980. The fourth-order valence-electron chi connectivity index (χ4n) is 5.09. The van der Waals surface area contributed by atoms with Gasteiger partial charge in [0, 0.05) is 32.8 Å². The van der Waals surface area contributed by atoms with Crippen molar-refractivity contribution in [1.82, 2.24) is 14.5 Å². The summed E-state index contributed by atoms with van der Waals surface area (Å²) in [5.74, 6) is 1.11. The first-order valence-electron chi connectivity index (χ1n) is 12.5. The Morgan fingerprint density at radius 2 is 1.53 bits per heavy atom. The van der Waals surface area contributed by atoms with Crippen molar-refractivity contribution in [3.63, 3.8) is 0 Å². The van der Waals surface area contributed by atoms with Gasteiger partial charge in [0.05, 0.1) is 11.0 Å². The monoisotopic (exact) mass is 509 g/mol. The number of nitrogens with zero attached hydrogens (tertiary/aromatic N) is 3. The number of pyridine rings is 2. The van der Waals surface area contributed by atoms with Gasteiger partial charge in [0.2, 0.25) is 0 Å². The molecular weight excluding hydrogens is 486 g/mol. The predicted molar refractivity (Wildman–Crippen MR) is 156 cm³/mol. The second-order valence-corrected chi connectivity index (χ2v) is 10.5. The summed E-state index contributed by atoms with van der Waals surface area (Å²) in [4.78, 5) is 10.6. The Balaban J connectivity index is 1.34. The fourth-order valence-corrected chi connectivity index (χ4v) is 5.91. The Morgan fingerprint density at radius 3 is 2.39 bits per heavy atom. The number of aryl methyl sites for hydroxylation is 1. The molecule has 3 heterocycles. The lowest BCUT2D eigenvalue weighted by Crippen LogP contribution is -1.97. The highest BCUT2D eigenvalue weighted by Crippen LogP contribution is 2.39. The van der Waals surface area contributed by atoms with Gasteiger partial charge in [-0.1, -0.05) is 72.4 Å². The molecule has 0 spiro atoms. The first kappa shape index (κ1) is 22.6. The highest BCUT2D eigenvalue weighted by atomic mass is 32.2. The first-order chi connectivity index (χ1) is 18.7. The second-order valence-electron chi connectivity index (χ2n) is 9.37. The Morgan fingerprint density at radius 1 is 0.737 bits per heavy atom. The van der Waals surface area contributed by atoms with E-state index in [1.165, 1.54) is 16.3 Å². The van der Waals surface area contributed by atoms with Gasteiger partial charge in [-0.25, -0.2) is 9.97 Å². The summed E-state index contributed by atoms with van der Waals surface area (Å²) >= 11 is 1.59. The minimum absolute atomic E-state index is 0.206. The molecule has 0 bridgehead atoms. The summed E-state index contributed by atoms with van der Waals surface area (Å²) in [5, 5.41) is 15.2. The third-order valence-electron chi connectivity index (χ3n) is 6.89. The molecule has 5 heteroatoms. The van der Waals surface area contributed by atoms with Crippen molar-refractivity contribution in [2.45, 2.75) is 16.8 Å². The number of phenols is 1. The van der Waals surface area contributed by atoms with Crippen molar-refractivity contribution in [3.8, 4) is 22.7 Å². The molecule has 0 amide bonds. The van der Waals surface area contributed by atoms with Gasteiger partial charge in [0.15, 0.2) is 0 Å². The molecule has 0 aliphatic carbocycles. The third kappa shape index (κ3) is 3.80. The van der Waals surface area contributed by atoms with Gasteiger partial charge in [0.1, 0.15) is 22.1 Å². The Labute approximate surface area is 224 Å². The number of rotatable bonds is 4. The molecule has 0 unspecified atom stereocenters. The van der Waals surface area contributed by atoms with E-state index in [1.54, 1.807) is 11.8 Å². The van der Waals surface area contributed by atoms with Gasteiger partial charge in [0.25, 0.3) is 0 Å². The van der Waals surface area contributed by atoms with E-state index in [2.05, 4.69) is 65.0 Å². The molecule has 1 N–H and O–H groups in total. The van der Waals surface area contributed by atoms with Crippen LogP contribution in [0.25, 0.3) is 49.7 Å². The molecule has 182 valence electrons. The van der Waals surface area contributed by atoms with Gasteiger partial charge in [-0.3, -0.25) is 4.57 Å². The zero-order valence-corrected chi connectivity index (χ0v) is 21.5. The van der Waals surface area contributed by atoms with Crippen LogP contribution in [0.5, 0.6) is 5.75 Å². The van der Waals surface area contributed by atoms with Crippen LogP contribution in [-0.2, 0) is 0 Å². The Kier molecular flexibility index (Phi) is 5.38. The highest BCUT2D eigenvalue weighted by molar-refractivity contribution is 7.99. The van der Waals surface area contributed by atoms with Crippen LogP contribution >= 0.6 is 11.8 Å². The average molecular weight is 510 g/mol. The highest BCUT2D eigenvalue weighted by Gasteiger charge is 2.15. The molecule has 3 aromatic heterocycles. The second kappa shape index (κ2) is 9.05. The summed E-state index contributed by atoms with van der Waals surface area (Å²) in [5.41, 5.74) is 5.75. The lowest BCUT2D eigenvalue weighted by atomic mass is 10.0. The SMILES string of the molecule is Cc1ccnc(-n2c3ccccc3c3ccc(Sc4ccc5ccc(-c6ccccc6)c(O)c5n4)cc32)c1. The van der Waals surface area contributed by atoms with Crippen LogP contribution < -0.4 is 0 Å². The van der Waals surface area contributed by atoms with Crippen LogP contribution in [0.1, 0.15) is 5.56 Å². The molecule has 0 atom stereocenters. The maximum Gasteiger partial charge on any atom is 0.149 e. The summed E-state index contributed by atoms with van der Waals surface area (Å²) in [6.07, 6.45) is 1.86. The quantitative estimate of drug-likeness (QED) is 0.258. The van der Waals surface area contributed by atoms with Crippen LogP contribution in [0.15, 0.2) is 125 Å². The number of para-hydroxylation sites is 1. The van der Waals surface area contributed by atoms with Gasteiger partial charge in [-0.15, -0.1) is 0 Å². The molecule has 0 aliphatic rings. The zero-order valence-electron chi connectivity index (χ0n) is 20.7. The van der Waals surface area contributed by atoms with Crippen molar-refractivity contribution in [2.75, 3.05) is 0 Å². The van der Waals surface area contributed by atoms with Crippen molar-refractivity contribution in [2.24, 2.45) is 0 Å². The van der Waals surface area contributed by atoms with E-state index in [-0.39, 0.29) is 5.75 Å². The van der Waals surface area contributed by atoms with Crippen LogP contribution in [0.4, 0.5) is 0 Å². The van der Waals surface area contributed by atoms with Crippen LogP contribution in [0.3, 0.4) is 0 Å². The Hall–Kier alpha value is -4.61. The van der Waals surface area contributed by atoms with Gasteiger partial charge < -0.3 is 5.11 Å². The van der Waals surface area contributed by atoms with Gasteiger partial charge in [-0.2, -0.15) is 0 Å². The minimum atomic E-state index is 0.206. The van der Waals surface area contributed by atoms with E-state index >= 15 is 0 Å². The van der Waals surface area contributed by atoms with E-state index < -0.39 is 0 Å². The number of hydrogen-bond acceptors (Lipinski definition) is 4. The molecule has 0 aliphatic heterocycles. The lowest BCUT2D eigenvalue weighted by molar-refractivity contribution is 0.482. The molecule has 4 nitrogen and oxygen atoms in total. The fraction of sp³-hybridized carbons (Fsp3) is 0.0303. The maximum absolute atomic E-state index is 11.1. The molecule has 0 saturated heterocycles. The molecule has 7 rings (SSSR count). The number of benzene rings is 4. The van der Waals surface area contributed by atoms with Gasteiger partial charge in [-0.05, 0) is 66.6 Å². The van der Waals surface area contributed by atoms with Crippen molar-refractivity contribution in [3.05, 3.63) is 121 Å². The van der Waals surface area contributed by atoms with E-state index in [9.17, 15) is 5.11 Å². The normalized spacial score (nSPS) is 11.5. The molecule has 0 fully saturated rings. The smallest absolute Gasteiger partial charge is 0.149 e. The topological polar surface area (TPSA) is 50.9 Å². The van der Waals surface area contributed by atoms with Crippen LogP contribution in [-0.4, -0.2) is 19.6 Å². The van der Waals surface area contributed by atoms with Crippen LogP contribution in [0, 0.1) is 6.92 Å². The van der Waals surface area contributed by atoms with E-state index in [0.717, 1.165) is 43.3 Å². The number of fused-ring (bicyclic) bond motifs is 4. The number of phenolic OH excluding ortho intramolecular Hbond substituents is 1. The largest absolute Gasteiger partial charge is 0.505 e. The molecule has 38 heavy (non-hydrogen) atoms. The van der Waals surface area contributed by atoms with Crippen molar-refractivity contribution < 1.29 is 5.11 Å². The first-order valence-corrected chi connectivity index (χ1v) is 13.3. The number of aromatic nitrogens is 3. The summed E-state index contributed by atoms with van der Waals surface area (Å²) in [7, 11) is 0. The maximum atomic E-state index is 11.1. The molecule has 4 aromatic carbocycles. The van der Waals surface area contributed by atoms with Crippen LogP contribution in [0.2, 0.25) is 0 Å². The van der Waals surface area contributed by atoms with Crippen molar-refractivity contribution >= 4 is 44.5 Å². The van der Waals surface area contributed by atoms with Crippen molar-refractivity contribution in [1.29, 1.82) is 0 Å². The van der Waals surface area contributed by atoms with E-state index in [0.29, 0.717) is 5.52 Å². The lowest BCUT2D eigenvalue weighted by Gasteiger charge is -2.10. The molecular formula is C33H23N3OS. The number of hydrogen-bond donors (Lipinski definition) is 1. The number of aromatic hydroxyl groups is 1. The third-order valence-corrected chi connectivity index (χ3v) is 7.82. The predicted octanol–water partition coefficient (Wildman–Crippen LogP) is 8.56. The summed E-state index contributed by atoms with van der Waals surface area (Å²) in [6.45, 7) is 2.09. The molecule has 0 radical (unpaired) electrons.